The molecule has 0 bridgehead atoms. The van der Waals surface area contributed by atoms with Crippen LogP contribution in [0.1, 0.15) is 0 Å². The minimum atomic E-state index is 0.624. The van der Waals surface area contributed by atoms with E-state index < -0.39 is 0 Å². The van der Waals surface area contributed by atoms with Gasteiger partial charge in [0.1, 0.15) is 0 Å². The lowest BCUT2D eigenvalue weighted by Gasteiger charge is -2.21. The molecule has 1 aliphatic rings. The third kappa shape index (κ3) is 1.40. The zero-order valence-corrected chi connectivity index (χ0v) is 5.98. The Morgan fingerprint density at radius 2 is 2.56 bits per heavy atom. The number of thiocarbonyl (C=S) groups is 1. The van der Waals surface area contributed by atoms with E-state index in [-0.39, 0.29) is 0 Å². The lowest BCUT2D eigenvalue weighted by Crippen LogP contribution is -2.40. The van der Waals surface area contributed by atoms with Crippen molar-refractivity contribution >= 4 is 17.6 Å². The van der Waals surface area contributed by atoms with Gasteiger partial charge in [-0.1, -0.05) is 12.2 Å². The molecule has 0 aromatic rings. The van der Waals surface area contributed by atoms with Crippen LogP contribution in [-0.4, -0.2) is 29.1 Å². The summed E-state index contributed by atoms with van der Waals surface area (Å²) in [5.41, 5.74) is 2.96. The van der Waals surface area contributed by atoms with Crippen molar-refractivity contribution in [3.8, 4) is 0 Å². The monoisotopic (exact) mass is 142 g/mol. The zero-order valence-electron chi connectivity index (χ0n) is 5.16. The summed E-state index contributed by atoms with van der Waals surface area (Å²) in [4.78, 5) is 0. The summed E-state index contributed by atoms with van der Waals surface area (Å²) in [5, 5.41) is 6.35. The fourth-order valence-corrected chi connectivity index (χ4v) is 0.739. The van der Waals surface area contributed by atoms with Crippen LogP contribution >= 0.6 is 12.2 Å². The van der Waals surface area contributed by atoms with E-state index in [0.717, 1.165) is 0 Å². The molecular formula is C5H8N3S. The van der Waals surface area contributed by atoms with Gasteiger partial charge < -0.3 is 5.43 Å². The Morgan fingerprint density at radius 1 is 1.78 bits per heavy atom. The van der Waals surface area contributed by atoms with Gasteiger partial charge in [-0.2, -0.15) is 0 Å². The summed E-state index contributed by atoms with van der Waals surface area (Å²) in [5.74, 6) is 0. The van der Waals surface area contributed by atoms with Crippen LogP contribution in [-0.2, 0) is 0 Å². The quantitative estimate of drug-likeness (QED) is 0.547. The van der Waals surface area contributed by atoms with Gasteiger partial charge in [-0.25, -0.2) is 0 Å². The Kier molecular flexibility index (Phi) is 2.02. The minimum Gasteiger partial charge on any atom is -0.307 e. The Labute approximate surface area is 59.9 Å². The molecule has 0 aliphatic carbocycles. The average molecular weight is 142 g/mol. The molecule has 1 aliphatic heterocycles. The second-order valence-electron chi connectivity index (χ2n) is 1.72. The summed E-state index contributed by atoms with van der Waals surface area (Å²) in [6.45, 7) is 0.624. The van der Waals surface area contributed by atoms with Crippen molar-refractivity contribution < 1.29 is 0 Å². The summed E-state index contributed by atoms with van der Waals surface area (Å²) < 4.78 is 0. The first-order valence-electron chi connectivity index (χ1n) is 2.62. The molecule has 0 aromatic carbocycles. The second-order valence-corrected chi connectivity index (χ2v) is 2.01. The molecule has 0 spiro atoms. The van der Waals surface area contributed by atoms with Gasteiger partial charge in [-0.3, -0.25) is 5.01 Å². The van der Waals surface area contributed by atoms with Gasteiger partial charge in [0.15, 0.2) is 0 Å². The normalized spacial score (nSPS) is 18.1. The third-order valence-corrected chi connectivity index (χ3v) is 1.24. The van der Waals surface area contributed by atoms with E-state index in [1.165, 1.54) is 0 Å². The van der Waals surface area contributed by atoms with Crippen LogP contribution in [0.4, 0.5) is 0 Å². The molecule has 1 radical (unpaired) electrons. The molecule has 0 fully saturated rings. The largest absolute Gasteiger partial charge is 0.307 e. The van der Waals surface area contributed by atoms with Gasteiger partial charge in [0.25, 0.3) is 0 Å². The van der Waals surface area contributed by atoms with Gasteiger partial charge in [-0.05, 0) is 0 Å². The molecule has 4 heteroatoms. The van der Waals surface area contributed by atoms with Gasteiger partial charge in [0, 0.05) is 24.8 Å². The molecule has 0 saturated carbocycles. The van der Waals surface area contributed by atoms with Crippen molar-refractivity contribution in [2.24, 2.45) is 0 Å². The highest BCUT2D eigenvalue weighted by atomic mass is 32.1. The van der Waals surface area contributed by atoms with E-state index in [0.29, 0.717) is 6.54 Å². The van der Waals surface area contributed by atoms with Crippen molar-refractivity contribution in [3.05, 3.63) is 12.4 Å². The van der Waals surface area contributed by atoms with E-state index in [1.54, 1.807) is 0 Å². The molecule has 1 N–H and O–H groups in total. The Hall–Kier alpha value is -0.610. The predicted molar refractivity (Wildman–Crippen MR) is 39.3 cm³/mol. The SMILES string of the molecule is CN1C=CNN1C[C]=S. The summed E-state index contributed by atoms with van der Waals surface area (Å²) in [6, 6.07) is 0. The molecule has 0 amide bonds. The maximum Gasteiger partial charge on any atom is 0.0754 e. The van der Waals surface area contributed by atoms with E-state index >= 15 is 0 Å². The summed E-state index contributed by atoms with van der Waals surface area (Å²) in [7, 11) is 1.93. The topological polar surface area (TPSA) is 18.5 Å². The van der Waals surface area contributed by atoms with Crippen LogP contribution in [0.3, 0.4) is 0 Å². The molecule has 1 heterocycles. The first kappa shape index (κ1) is 6.51. The number of nitrogens with zero attached hydrogens (tertiary/aromatic N) is 2. The Bertz CT molecular complexity index is 134. The minimum absolute atomic E-state index is 0.624. The van der Waals surface area contributed by atoms with E-state index in [2.05, 4.69) is 23.0 Å². The van der Waals surface area contributed by atoms with Crippen molar-refractivity contribution in [2.45, 2.75) is 0 Å². The van der Waals surface area contributed by atoms with Crippen LogP contribution < -0.4 is 5.43 Å². The van der Waals surface area contributed by atoms with Gasteiger partial charge in [0.2, 0.25) is 0 Å². The second kappa shape index (κ2) is 2.80. The van der Waals surface area contributed by atoms with Crippen molar-refractivity contribution in [3.63, 3.8) is 0 Å². The first-order valence-corrected chi connectivity index (χ1v) is 3.03. The van der Waals surface area contributed by atoms with Crippen molar-refractivity contribution in [1.82, 2.24) is 15.6 Å². The standard InChI is InChI=1S/C5H8N3S/c1-7-3-2-6-8(7)4-5-9/h2-3,6H,4H2,1H3. The zero-order chi connectivity index (χ0) is 6.69. The molecular weight excluding hydrogens is 134 g/mol. The number of rotatable bonds is 2. The Morgan fingerprint density at radius 3 is 3.00 bits per heavy atom. The maximum absolute atomic E-state index is 4.56. The highest BCUT2D eigenvalue weighted by Gasteiger charge is 2.07. The summed E-state index contributed by atoms with van der Waals surface area (Å²) in [6.07, 6.45) is 3.75. The fourth-order valence-electron chi connectivity index (χ4n) is 0.617. The summed E-state index contributed by atoms with van der Waals surface area (Å²) >= 11 is 4.56. The van der Waals surface area contributed by atoms with Crippen LogP contribution in [0, 0.1) is 0 Å². The Balaban J connectivity index is 2.36. The van der Waals surface area contributed by atoms with Crippen LogP contribution in [0.15, 0.2) is 12.4 Å². The number of hydrazine groups is 2. The van der Waals surface area contributed by atoms with E-state index in [9.17, 15) is 0 Å². The number of hydrogen-bond acceptors (Lipinski definition) is 4. The molecule has 3 nitrogen and oxygen atoms in total. The highest BCUT2D eigenvalue weighted by Crippen LogP contribution is 1.95. The lowest BCUT2D eigenvalue weighted by atomic mass is 10.8. The first-order chi connectivity index (χ1) is 4.34. The van der Waals surface area contributed by atoms with Gasteiger partial charge >= 0.3 is 0 Å². The highest BCUT2D eigenvalue weighted by molar-refractivity contribution is 7.79. The van der Waals surface area contributed by atoms with Crippen LogP contribution in [0.25, 0.3) is 0 Å². The predicted octanol–water partition coefficient (Wildman–Crippen LogP) is 0.00130. The molecule has 9 heavy (non-hydrogen) atoms. The van der Waals surface area contributed by atoms with Crippen molar-refractivity contribution in [2.75, 3.05) is 13.6 Å². The molecule has 0 aromatic heterocycles. The third-order valence-electron chi connectivity index (χ3n) is 1.11. The molecule has 49 valence electrons. The fraction of sp³-hybridized carbons (Fsp3) is 0.400. The van der Waals surface area contributed by atoms with E-state index in [4.69, 9.17) is 0 Å². The maximum atomic E-state index is 4.56. The number of hydrogen-bond donors (Lipinski definition) is 1. The van der Waals surface area contributed by atoms with Gasteiger partial charge in [-0.15, -0.1) is 5.12 Å². The molecule has 0 saturated heterocycles. The van der Waals surface area contributed by atoms with Crippen LogP contribution in [0.5, 0.6) is 0 Å². The average Bonchev–Trinajstić information content (AvgIpc) is 2.18. The number of nitrogens with one attached hydrogen (secondary N) is 1. The smallest absolute Gasteiger partial charge is 0.0754 e. The molecule has 1 rings (SSSR count). The van der Waals surface area contributed by atoms with Crippen molar-refractivity contribution in [1.29, 1.82) is 0 Å². The molecule has 0 atom stereocenters. The lowest BCUT2D eigenvalue weighted by molar-refractivity contribution is 0.0522. The van der Waals surface area contributed by atoms with E-state index in [1.807, 2.05) is 29.6 Å². The molecule has 0 unspecified atom stereocenters. The van der Waals surface area contributed by atoms with Gasteiger partial charge in [0.05, 0.1) is 6.54 Å². The van der Waals surface area contributed by atoms with Crippen LogP contribution in [0.2, 0.25) is 0 Å².